The van der Waals surface area contributed by atoms with Gasteiger partial charge in [0.2, 0.25) is 0 Å². The summed E-state index contributed by atoms with van der Waals surface area (Å²) in [6.45, 7) is 2.99. The topological polar surface area (TPSA) is 38.8 Å². The van der Waals surface area contributed by atoms with E-state index in [0.717, 1.165) is 16.8 Å². The summed E-state index contributed by atoms with van der Waals surface area (Å²) < 4.78 is 10.9. The number of carbonyl (C=O) groups excluding carboxylic acids is 1. The van der Waals surface area contributed by atoms with Crippen LogP contribution in [0, 0.1) is 0 Å². The second-order valence-corrected chi connectivity index (χ2v) is 6.42. The summed E-state index contributed by atoms with van der Waals surface area (Å²) in [5, 5.41) is 0. The summed E-state index contributed by atoms with van der Waals surface area (Å²) in [5.41, 5.74) is 2.79. The second-order valence-electron chi connectivity index (χ2n) is 6.42. The molecule has 0 aliphatic carbocycles. The predicted octanol–water partition coefficient (Wildman–Crippen LogP) is 5.34. The third kappa shape index (κ3) is 5.48. The van der Waals surface area contributed by atoms with E-state index in [0.29, 0.717) is 24.7 Å². The van der Waals surface area contributed by atoms with E-state index in [1.54, 1.807) is 24.2 Å². The minimum Gasteiger partial charge on any atom is -0.493 e. The first-order chi connectivity index (χ1) is 14.2. The van der Waals surface area contributed by atoms with Gasteiger partial charge in [0, 0.05) is 11.8 Å². The fourth-order valence-electron chi connectivity index (χ4n) is 2.99. The Morgan fingerprint density at radius 1 is 0.931 bits per heavy atom. The van der Waals surface area contributed by atoms with E-state index in [9.17, 15) is 4.79 Å². The van der Waals surface area contributed by atoms with E-state index in [4.69, 9.17) is 9.47 Å². The summed E-state index contributed by atoms with van der Waals surface area (Å²) in [7, 11) is 1.60. The smallest absolute Gasteiger partial charge is 0.251 e. The zero-order chi connectivity index (χ0) is 20.5. The maximum Gasteiger partial charge on any atom is 0.251 e. The summed E-state index contributed by atoms with van der Waals surface area (Å²) in [6.07, 6.45) is 3.38. The zero-order valence-electron chi connectivity index (χ0n) is 16.7. The SMILES string of the molecule is CCOc1ccc(/C=C/C(=O)N(Cc2ccccc2)c2ccccc2)cc1OC. The Morgan fingerprint density at radius 2 is 1.62 bits per heavy atom. The molecule has 0 saturated heterocycles. The minimum atomic E-state index is -0.0899. The Hall–Kier alpha value is -3.53. The summed E-state index contributed by atoms with van der Waals surface area (Å²) in [4.78, 5) is 14.8. The van der Waals surface area contributed by atoms with Gasteiger partial charge in [-0.05, 0) is 48.4 Å². The van der Waals surface area contributed by atoms with E-state index in [2.05, 4.69) is 0 Å². The van der Waals surface area contributed by atoms with Crippen LogP contribution >= 0.6 is 0 Å². The molecule has 0 fully saturated rings. The number of anilines is 1. The van der Waals surface area contributed by atoms with Crippen molar-refractivity contribution < 1.29 is 14.3 Å². The molecule has 0 aliphatic rings. The molecule has 0 N–H and O–H groups in total. The van der Waals surface area contributed by atoms with E-state index in [1.165, 1.54) is 0 Å². The van der Waals surface area contributed by atoms with Gasteiger partial charge in [-0.1, -0.05) is 54.6 Å². The van der Waals surface area contributed by atoms with Crippen molar-refractivity contribution in [2.45, 2.75) is 13.5 Å². The van der Waals surface area contributed by atoms with Crippen molar-refractivity contribution in [2.24, 2.45) is 0 Å². The standard InChI is InChI=1S/C25H25NO3/c1-3-29-23-16-14-20(18-24(23)28-2)15-17-25(27)26(22-12-8-5-9-13-22)19-21-10-6-4-7-11-21/h4-18H,3,19H2,1-2H3/b17-15+. The Balaban J connectivity index is 1.82. The lowest BCUT2D eigenvalue weighted by Gasteiger charge is -2.21. The molecule has 0 aromatic heterocycles. The molecule has 3 aromatic rings. The summed E-state index contributed by atoms with van der Waals surface area (Å²) in [6, 6.07) is 25.3. The molecule has 3 rings (SSSR count). The second kappa shape index (κ2) is 10.1. The maximum atomic E-state index is 13.0. The molecule has 0 spiro atoms. The Labute approximate surface area is 172 Å². The largest absolute Gasteiger partial charge is 0.493 e. The number of carbonyl (C=O) groups is 1. The van der Waals surface area contributed by atoms with Gasteiger partial charge in [-0.15, -0.1) is 0 Å². The highest BCUT2D eigenvalue weighted by Gasteiger charge is 2.14. The highest BCUT2D eigenvalue weighted by molar-refractivity contribution is 6.03. The maximum absolute atomic E-state index is 13.0. The fraction of sp³-hybridized carbons (Fsp3) is 0.160. The van der Waals surface area contributed by atoms with Crippen molar-refractivity contribution in [3.05, 3.63) is 96.1 Å². The molecule has 0 aliphatic heterocycles. The molecule has 0 saturated carbocycles. The normalized spacial score (nSPS) is 10.7. The van der Waals surface area contributed by atoms with E-state index < -0.39 is 0 Å². The number of hydrogen-bond acceptors (Lipinski definition) is 3. The number of amides is 1. The monoisotopic (exact) mass is 387 g/mol. The third-order valence-corrected chi connectivity index (χ3v) is 4.42. The van der Waals surface area contributed by atoms with Crippen molar-refractivity contribution in [3.8, 4) is 11.5 Å². The number of ether oxygens (including phenoxy) is 2. The first-order valence-electron chi connectivity index (χ1n) is 9.60. The average Bonchev–Trinajstić information content (AvgIpc) is 2.78. The Kier molecular flexibility index (Phi) is 7.06. The Bertz CT molecular complexity index is 952. The number of hydrogen-bond donors (Lipinski definition) is 0. The van der Waals surface area contributed by atoms with Gasteiger partial charge in [-0.2, -0.15) is 0 Å². The highest BCUT2D eigenvalue weighted by Crippen LogP contribution is 2.28. The van der Waals surface area contributed by atoms with Gasteiger partial charge in [0.15, 0.2) is 11.5 Å². The summed E-state index contributed by atoms with van der Waals surface area (Å²) >= 11 is 0. The lowest BCUT2D eigenvalue weighted by molar-refractivity contribution is -0.114. The number of rotatable bonds is 8. The van der Waals surface area contributed by atoms with Gasteiger partial charge in [0.05, 0.1) is 20.3 Å². The van der Waals surface area contributed by atoms with Crippen LogP contribution in [0.3, 0.4) is 0 Å². The molecule has 0 radical (unpaired) electrons. The molecular weight excluding hydrogens is 362 g/mol. The Morgan fingerprint density at radius 3 is 2.28 bits per heavy atom. The van der Waals surface area contributed by atoms with Crippen molar-refractivity contribution in [1.82, 2.24) is 0 Å². The van der Waals surface area contributed by atoms with E-state index in [-0.39, 0.29) is 5.91 Å². The lowest BCUT2D eigenvalue weighted by atomic mass is 10.1. The van der Waals surface area contributed by atoms with Crippen molar-refractivity contribution >= 4 is 17.7 Å². The number of para-hydroxylation sites is 1. The first-order valence-corrected chi connectivity index (χ1v) is 9.60. The van der Waals surface area contributed by atoms with Crippen molar-refractivity contribution in [2.75, 3.05) is 18.6 Å². The number of nitrogens with zero attached hydrogens (tertiary/aromatic N) is 1. The third-order valence-electron chi connectivity index (χ3n) is 4.42. The van der Waals surface area contributed by atoms with Crippen LogP contribution in [0.2, 0.25) is 0 Å². The van der Waals surface area contributed by atoms with Crippen LogP contribution in [-0.2, 0) is 11.3 Å². The zero-order valence-corrected chi connectivity index (χ0v) is 16.7. The minimum absolute atomic E-state index is 0.0899. The molecule has 4 nitrogen and oxygen atoms in total. The van der Waals surface area contributed by atoms with Crippen LogP contribution in [0.25, 0.3) is 6.08 Å². The molecule has 148 valence electrons. The van der Waals surface area contributed by atoms with Crippen molar-refractivity contribution in [3.63, 3.8) is 0 Å². The molecule has 29 heavy (non-hydrogen) atoms. The lowest BCUT2D eigenvalue weighted by Crippen LogP contribution is -2.28. The average molecular weight is 387 g/mol. The van der Waals surface area contributed by atoms with E-state index >= 15 is 0 Å². The molecule has 0 heterocycles. The molecule has 1 amide bonds. The molecule has 0 unspecified atom stereocenters. The molecule has 3 aromatic carbocycles. The van der Waals surface area contributed by atoms with Gasteiger partial charge in [-0.25, -0.2) is 0 Å². The van der Waals surface area contributed by atoms with Crippen molar-refractivity contribution in [1.29, 1.82) is 0 Å². The van der Waals surface area contributed by atoms with Gasteiger partial charge in [0.1, 0.15) is 0 Å². The van der Waals surface area contributed by atoms with Gasteiger partial charge < -0.3 is 14.4 Å². The van der Waals surface area contributed by atoms with Crippen LogP contribution < -0.4 is 14.4 Å². The van der Waals surface area contributed by atoms with E-state index in [1.807, 2.05) is 85.8 Å². The number of benzene rings is 3. The first kappa shape index (κ1) is 20.2. The quantitative estimate of drug-likeness (QED) is 0.490. The van der Waals surface area contributed by atoms with Crippen LogP contribution in [-0.4, -0.2) is 19.6 Å². The van der Waals surface area contributed by atoms with Crippen LogP contribution in [0.5, 0.6) is 11.5 Å². The molecule has 4 heteroatoms. The van der Waals surface area contributed by atoms with Gasteiger partial charge in [-0.3, -0.25) is 4.79 Å². The summed E-state index contributed by atoms with van der Waals surface area (Å²) in [5.74, 6) is 1.24. The molecule has 0 atom stereocenters. The fourth-order valence-corrected chi connectivity index (χ4v) is 2.99. The van der Waals surface area contributed by atoms with Gasteiger partial charge >= 0.3 is 0 Å². The van der Waals surface area contributed by atoms with Gasteiger partial charge in [0.25, 0.3) is 5.91 Å². The van der Waals surface area contributed by atoms with Crippen LogP contribution in [0.1, 0.15) is 18.1 Å². The highest BCUT2D eigenvalue weighted by atomic mass is 16.5. The predicted molar refractivity (Wildman–Crippen MR) is 117 cm³/mol. The molecular formula is C25H25NO3. The molecule has 0 bridgehead atoms. The number of methoxy groups -OCH3 is 1. The van der Waals surface area contributed by atoms with Crippen LogP contribution in [0.4, 0.5) is 5.69 Å². The van der Waals surface area contributed by atoms with Crippen LogP contribution in [0.15, 0.2) is 84.9 Å².